The van der Waals surface area contributed by atoms with Gasteiger partial charge in [-0.15, -0.1) is 0 Å². The van der Waals surface area contributed by atoms with Crippen molar-refractivity contribution >= 4 is 16.6 Å². The Balaban J connectivity index is 2.07. The van der Waals surface area contributed by atoms with Crippen molar-refractivity contribution in [1.82, 2.24) is 4.57 Å². The van der Waals surface area contributed by atoms with E-state index in [9.17, 15) is 0 Å². The van der Waals surface area contributed by atoms with Crippen LogP contribution in [0.2, 0.25) is 0 Å². The molecule has 0 aliphatic heterocycles. The number of hydrogen-bond donors (Lipinski definition) is 0. The molecule has 0 N–H and O–H groups in total. The summed E-state index contributed by atoms with van der Waals surface area (Å²) in [5.41, 5.74) is 3.93. The molecule has 2 heteroatoms. The van der Waals surface area contributed by atoms with Crippen LogP contribution in [0.15, 0.2) is 65.8 Å². The zero-order valence-corrected chi connectivity index (χ0v) is 14.7. The molecule has 1 aromatic heterocycles. The van der Waals surface area contributed by atoms with Gasteiger partial charge in [0.15, 0.2) is 0 Å². The maximum absolute atomic E-state index is 4.84. The third-order valence-electron chi connectivity index (χ3n) is 3.70. The van der Waals surface area contributed by atoms with E-state index in [1.807, 2.05) is 30.3 Å². The molecule has 24 heavy (non-hydrogen) atoms. The van der Waals surface area contributed by atoms with Crippen LogP contribution in [-0.4, -0.2) is 15.8 Å². The molecule has 0 aliphatic rings. The summed E-state index contributed by atoms with van der Waals surface area (Å²) in [4.78, 5) is 4.84. The Morgan fingerprint density at radius 2 is 1.75 bits per heavy atom. The highest BCUT2D eigenvalue weighted by Gasteiger charge is 2.11. The van der Waals surface area contributed by atoms with Crippen LogP contribution in [0, 0.1) is 11.8 Å². The molecule has 0 bridgehead atoms. The summed E-state index contributed by atoms with van der Waals surface area (Å²) >= 11 is 0. The van der Waals surface area contributed by atoms with Crippen LogP contribution in [0.3, 0.4) is 0 Å². The SMILES string of the molecule is Cn1ccc2cc(C(C#Cc3ccccc3)=NC(C)(C)C)ccc21. The number of aryl methyl sites for hydroxylation is 1. The second kappa shape index (κ2) is 6.37. The molecule has 1 heterocycles. The van der Waals surface area contributed by atoms with E-state index in [0.29, 0.717) is 0 Å². The Morgan fingerprint density at radius 1 is 1.00 bits per heavy atom. The summed E-state index contributed by atoms with van der Waals surface area (Å²) in [6.45, 7) is 6.29. The lowest BCUT2D eigenvalue weighted by atomic mass is 10.0. The largest absolute Gasteiger partial charge is 0.351 e. The van der Waals surface area contributed by atoms with E-state index in [-0.39, 0.29) is 5.54 Å². The number of benzene rings is 2. The number of aromatic nitrogens is 1. The number of fused-ring (bicyclic) bond motifs is 1. The van der Waals surface area contributed by atoms with Crippen LogP contribution >= 0.6 is 0 Å². The van der Waals surface area contributed by atoms with Gasteiger partial charge in [-0.1, -0.05) is 30.2 Å². The molecule has 0 atom stereocenters. The molecule has 3 aromatic rings. The molecule has 2 nitrogen and oxygen atoms in total. The summed E-state index contributed by atoms with van der Waals surface area (Å²) in [5, 5.41) is 1.21. The van der Waals surface area contributed by atoms with Crippen molar-refractivity contribution in [1.29, 1.82) is 0 Å². The van der Waals surface area contributed by atoms with Crippen molar-refractivity contribution in [3.63, 3.8) is 0 Å². The molecule has 0 spiro atoms. The van der Waals surface area contributed by atoms with E-state index in [2.05, 4.69) is 74.7 Å². The Hall–Kier alpha value is -2.79. The predicted molar refractivity (Wildman–Crippen MR) is 103 cm³/mol. The zero-order valence-electron chi connectivity index (χ0n) is 14.7. The number of hydrogen-bond acceptors (Lipinski definition) is 1. The van der Waals surface area contributed by atoms with Crippen molar-refractivity contribution in [2.24, 2.45) is 12.0 Å². The van der Waals surface area contributed by atoms with Gasteiger partial charge in [0.2, 0.25) is 0 Å². The highest BCUT2D eigenvalue weighted by Crippen LogP contribution is 2.19. The normalized spacial score (nSPS) is 12.1. The smallest absolute Gasteiger partial charge is 0.115 e. The maximum atomic E-state index is 4.84. The molecule has 0 saturated heterocycles. The Morgan fingerprint density at radius 3 is 2.46 bits per heavy atom. The molecule has 0 radical (unpaired) electrons. The molecule has 120 valence electrons. The van der Waals surface area contributed by atoms with E-state index in [1.54, 1.807) is 0 Å². The van der Waals surface area contributed by atoms with Crippen LogP contribution in [0.5, 0.6) is 0 Å². The third-order valence-corrected chi connectivity index (χ3v) is 3.70. The molecule has 2 aromatic carbocycles. The summed E-state index contributed by atoms with van der Waals surface area (Å²) in [7, 11) is 2.06. The lowest BCUT2D eigenvalue weighted by molar-refractivity contribution is 0.585. The lowest BCUT2D eigenvalue weighted by Crippen LogP contribution is -2.14. The van der Waals surface area contributed by atoms with Gasteiger partial charge in [-0.05, 0) is 57.0 Å². The minimum atomic E-state index is -0.174. The zero-order chi connectivity index (χ0) is 17.2. The van der Waals surface area contributed by atoms with Crippen molar-refractivity contribution in [2.75, 3.05) is 0 Å². The van der Waals surface area contributed by atoms with Crippen molar-refractivity contribution in [3.8, 4) is 11.8 Å². The van der Waals surface area contributed by atoms with Gasteiger partial charge in [0, 0.05) is 35.3 Å². The molecule has 0 amide bonds. The van der Waals surface area contributed by atoms with Crippen LogP contribution in [0.25, 0.3) is 10.9 Å². The maximum Gasteiger partial charge on any atom is 0.115 e. The van der Waals surface area contributed by atoms with E-state index < -0.39 is 0 Å². The summed E-state index contributed by atoms with van der Waals surface area (Å²) < 4.78 is 2.12. The van der Waals surface area contributed by atoms with Gasteiger partial charge in [-0.2, -0.15) is 0 Å². The van der Waals surface area contributed by atoms with Crippen LogP contribution in [0.4, 0.5) is 0 Å². The fourth-order valence-electron chi connectivity index (χ4n) is 2.58. The molecule has 0 fully saturated rings. The van der Waals surface area contributed by atoms with Crippen LogP contribution < -0.4 is 0 Å². The minimum absolute atomic E-state index is 0.174. The van der Waals surface area contributed by atoms with Crippen molar-refractivity contribution in [2.45, 2.75) is 26.3 Å². The molecule has 0 unspecified atom stereocenters. The van der Waals surface area contributed by atoms with Gasteiger partial charge in [0.25, 0.3) is 0 Å². The molecular formula is C22H22N2. The van der Waals surface area contributed by atoms with Gasteiger partial charge in [-0.25, -0.2) is 0 Å². The van der Waals surface area contributed by atoms with Crippen molar-refractivity contribution < 1.29 is 0 Å². The van der Waals surface area contributed by atoms with Crippen LogP contribution in [-0.2, 0) is 7.05 Å². The summed E-state index contributed by atoms with van der Waals surface area (Å²) in [6, 6.07) is 18.6. The molecule has 3 rings (SSSR count). The first-order chi connectivity index (χ1) is 11.4. The van der Waals surface area contributed by atoms with E-state index >= 15 is 0 Å². The fraction of sp³-hybridized carbons (Fsp3) is 0.227. The first kappa shape index (κ1) is 16.1. The third kappa shape index (κ3) is 3.75. The number of aliphatic imine (C=N–C) groups is 1. The molecule has 0 saturated carbocycles. The minimum Gasteiger partial charge on any atom is -0.351 e. The van der Waals surface area contributed by atoms with Gasteiger partial charge in [0.1, 0.15) is 5.71 Å². The Kier molecular flexibility index (Phi) is 4.27. The number of rotatable bonds is 1. The quantitative estimate of drug-likeness (QED) is 0.453. The first-order valence-corrected chi connectivity index (χ1v) is 8.15. The average Bonchev–Trinajstić information content (AvgIpc) is 2.92. The molecule has 0 aliphatic carbocycles. The molecular weight excluding hydrogens is 292 g/mol. The van der Waals surface area contributed by atoms with Gasteiger partial charge in [-0.3, -0.25) is 4.99 Å². The second-order valence-electron chi connectivity index (χ2n) is 6.95. The van der Waals surface area contributed by atoms with E-state index in [4.69, 9.17) is 4.99 Å². The Labute approximate surface area is 143 Å². The second-order valence-corrected chi connectivity index (χ2v) is 6.95. The van der Waals surface area contributed by atoms with Gasteiger partial charge >= 0.3 is 0 Å². The lowest BCUT2D eigenvalue weighted by Gasteiger charge is -2.13. The van der Waals surface area contributed by atoms with E-state index in [1.165, 1.54) is 10.9 Å². The highest BCUT2D eigenvalue weighted by atomic mass is 14.9. The predicted octanol–water partition coefficient (Wildman–Crippen LogP) is 4.82. The summed E-state index contributed by atoms with van der Waals surface area (Å²) in [5.74, 6) is 6.51. The Bertz CT molecular complexity index is 942. The highest BCUT2D eigenvalue weighted by molar-refractivity contribution is 6.14. The van der Waals surface area contributed by atoms with Gasteiger partial charge < -0.3 is 4.57 Å². The number of nitrogens with zero attached hydrogens (tertiary/aromatic N) is 2. The standard InChI is InChI=1S/C22H22N2/c1-22(2,3)23-20(12-10-17-8-6-5-7-9-17)18-11-13-21-19(16-18)14-15-24(21)4/h5-9,11,13-16H,1-4H3. The van der Waals surface area contributed by atoms with Crippen molar-refractivity contribution in [3.05, 3.63) is 71.9 Å². The average molecular weight is 314 g/mol. The first-order valence-electron chi connectivity index (χ1n) is 8.15. The monoisotopic (exact) mass is 314 g/mol. The van der Waals surface area contributed by atoms with Crippen LogP contribution in [0.1, 0.15) is 31.9 Å². The van der Waals surface area contributed by atoms with E-state index in [0.717, 1.165) is 16.8 Å². The fourth-order valence-corrected chi connectivity index (χ4v) is 2.58. The topological polar surface area (TPSA) is 17.3 Å². The van der Waals surface area contributed by atoms with Gasteiger partial charge in [0.05, 0.1) is 5.54 Å². The summed E-state index contributed by atoms with van der Waals surface area (Å²) in [6.07, 6.45) is 2.07.